The number of methoxy groups -OCH3 is 1. The van der Waals surface area contributed by atoms with E-state index in [4.69, 9.17) is 4.74 Å². The number of rotatable bonds is 8. The molecule has 1 amide bonds. The maximum Gasteiger partial charge on any atom is 0.251 e. The average Bonchev–Trinajstić information content (AvgIpc) is 3.34. The molecule has 0 aliphatic carbocycles. The number of para-hydroxylation sites is 1. The van der Waals surface area contributed by atoms with E-state index in [-0.39, 0.29) is 11.8 Å². The van der Waals surface area contributed by atoms with E-state index in [1.807, 2.05) is 54.7 Å². The van der Waals surface area contributed by atoms with Crippen LogP contribution < -0.4 is 15.4 Å². The highest BCUT2D eigenvalue weighted by Gasteiger charge is 2.20. The summed E-state index contributed by atoms with van der Waals surface area (Å²) >= 11 is 0. The summed E-state index contributed by atoms with van der Waals surface area (Å²) < 4.78 is 5.33. The molecule has 3 N–H and O–H groups in total. The Morgan fingerprint density at radius 1 is 0.971 bits per heavy atom. The number of H-pyrrole nitrogens is 1. The number of carbonyl (C=O) groups is 1. The van der Waals surface area contributed by atoms with Crippen molar-refractivity contribution in [3.8, 4) is 5.75 Å². The van der Waals surface area contributed by atoms with E-state index in [0.717, 1.165) is 33.5 Å². The van der Waals surface area contributed by atoms with Crippen LogP contribution in [0.25, 0.3) is 10.9 Å². The lowest BCUT2D eigenvalue weighted by Gasteiger charge is -2.19. The first-order valence-electron chi connectivity index (χ1n) is 11.3. The standard InChI is InChI=1S/C28H25N5O2/c1-35-22-12-10-19(11-13-22)24(25-18-31-26-9-3-2-8-23(25)26)17-32-27(34)20-6-4-7-21(16-20)33-28-29-14-5-15-30-28/h2-16,18,24,31H,17H2,1H3,(H,32,34)(H,29,30,33). The third-order valence-electron chi connectivity index (χ3n) is 5.93. The summed E-state index contributed by atoms with van der Waals surface area (Å²) in [6.07, 6.45) is 5.35. The zero-order chi connectivity index (χ0) is 24.0. The Hall–Kier alpha value is -4.65. The molecule has 0 saturated carbocycles. The molecule has 2 aromatic heterocycles. The lowest BCUT2D eigenvalue weighted by molar-refractivity contribution is 0.0952. The highest BCUT2D eigenvalue weighted by molar-refractivity contribution is 5.95. The molecule has 5 rings (SSSR count). The summed E-state index contributed by atoms with van der Waals surface area (Å²) in [4.78, 5) is 24.8. The zero-order valence-electron chi connectivity index (χ0n) is 19.2. The van der Waals surface area contributed by atoms with Gasteiger partial charge in [-0.15, -0.1) is 0 Å². The van der Waals surface area contributed by atoms with Crippen molar-refractivity contribution in [3.05, 3.63) is 114 Å². The Balaban J connectivity index is 1.38. The van der Waals surface area contributed by atoms with Crippen LogP contribution in [0.3, 0.4) is 0 Å². The van der Waals surface area contributed by atoms with E-state index in [1.165, 1.54) is 0 Å². The van der Waals surface area contributed by atoms with Crippen molar-refractivity contribution in [1.29, 1.82) is 0 Å². The van der Waals surface area contributed by atoms with Crippen LogP contribution in [0.5, 0.6) is 5.75 Å². The molecule has 0 bridgehead atoms. The molecule has 7 nitrogen and oxygen atoms in total. The largest absolute Gasteiger partial charge is 0.497 e. The van der Waals surface area contributed by atoms with Crippen LogP contribution in [0.2, 0.25) is 0 Å². The summed E-state index contributed by atoms with van der Waals surface area (Å²) in [6, 6.07) is 25.2. The lowest BCUT2D eigenvalue weighted by atomic mass is 9.90. The topological polar surface area (TPSA) is 91.9 Å². The molecule has 0 saturated heterocycles. The maximum atomic E-state index is 13.1. The van der Waals surface area contributed by atoms with Crippen molar-refractivity contribution in [3.63, 3.8) is 0 Å². The number of nitrogens with one attached hydrogen (secondary N) is 3. The van der Waals surface area contributed by atoms with Gasteiger partial charge in [-0.1, -0.05) is 36.4 Å². The van der Waals surface area contributed by atoms with Crippen molar-refractivity contribution in [2.24, 2.45) is 0 Å². The highest BCUT2D eigenvalue weighted by Crippen LogP contribution is 2.31. The second-order valence-corrected chi connectivity index (χ2v) is 8.10. The predicted octanol–water partition coefficient (Wildman–Crippen LogP) is 5.27. The van der Waals surface area contributed by atoms with Crippen molar-refractivity contribution < 1.29 is 9.53 Å². The van der Waals surface area contributed by atoms with Crippen LogP contribution in [0.15, 0.2) is 97.5 Å². The Morgan fingerprint density at radius 3 is 2.57 bits per heavy atom. The average molecular weight is 464 g/mol. The Morgan fingerprint density at radius 2 is 1.77 bits per heavy atom. The molecular weight excluding hydrogens is 438 g/mol. The number of hydrogen-bond donors (Lipinski definition) is 3. The van der Waals surface area contributed by atoms with Crippen LogP contribution in [0, 0.1) is 0 Å². The van der Waals surface area contributed by atoms with Crippen LogP contribution in [0.4, 0.5) is 11.6 Å². The first-order chi connectivity index (χ1) is 17.2. The fourth-order valence-corrected chi connectivity index (χ4v) is 4.15. The Labute approximate surface area is 203 Å². The minimum Gasteiger partial charge on any atom is -0.497 e. The minimum absolute atomic E-state index is 0.0416. The van der Waals surface area contributed by atoms with Crippen molar-refractivity contribution >= 4 is 28.4 Å². The van der Waals surface area contributed by atoms with Crippen LogP contribution in [-0.4, -0.2) is 34.5 Å². The van der Waals surface area contributed by atoms with Gasteiger partial charge in [0.05, 0.1) is 7.11 Å². The molecule has 35 heavy (non-hydrogen) atoms. The zero-order valence-corrected chi connectivity index (χ0v) is 19.2. The number of amides is 1. The summed E-state index contributed by atoms with van der Waals surface area (Å²) in [7, 11) is 1.65. The van der Waals surface area contributed by atoms with E-state index >= 15 is 0 Å². The van der Waals surface area contributed by atoms with Crippen molar-refractivity contribution in [1.82, 2.24) is 20.3 Å². The second kappa shape index (κ2) is 10.1. The molecule has 0 fully saturated rings. The second-order valence-electron chi connectivity index (χ2n) is 8.10. The molecule has 0 aliphatic heterocycles. The SMILES string of the molecule is COc1ccc(C(CNC(=O)c2cccc(Nc3ncccn3)c2)c2c[nH]c3ccccc23)cc1. The Kier molecular flexibility index (Phi) is 6.39. The van der Waals surface area contributed by atoms with Gasteiger partial charge in [-0.05, 0) is 53.6 Å². The first-order valence-corrected chi connectivity index (χ1v) is 11.3. The third-order valence-corrected chi connectivity index (χ3v) is 5.93. The third kappa shape index (κ3) is 4.99. The summed E-state index contributed by atoms with van der Waals surface area (Å²) in [5.74, 6) is 1.08. The molecular formula is C28H25N5O2. The first kappa shape index (κ1) is 22.2. The van der Waals surface area contributed by atoms with Gasteiger partial charge < -0.3 is 20.4 Å². The molecule has 0 radical (unpaired) electrons. The predicted molar refractivity (Wildman–Crippen MR) is 137 cm³/mol. The molecule has 0 spiro atoms. The number of aromatic nitrogens is 3. The maximum absolute atomic E-state index is 13.1. The number of nitrogens with zero attached hydrogens (tertiary/aromatic N) is 2. The lowest BCUT2D eigenvalue weighted by Crippen LogP contribution is -2.29. The quantitative estimate of drug-likeness (QED) is 0.292. The number of ether oxygens (including phenoxy) is 1. The number of carbonyl (C=O) groups excluding carboxylic acids is 1. The van der Waals surface area contributed by atoms with Gasteiger partial charge in [-0.25, -0.2) is 9.97 Å². The van der Waals surface area contributed by atoms with Gasteiger partial charge in [0.25, 0.3) is 5.91 Å². The van der Waals surface area contributed by atoms with Gasteiger partial charge >= 0.3 is 0 Å². The van der Waals surface area contributed by atoms with E-state index in [9.17, 15) is 4.79 Å². The minimum atomic E-state index is -0.152. The summed E-state index contributed by atoms with van der Waals surface area (Å²) in [5, 5.41) is 7.39. The van der Waals surface area contributed by atoms with Crippen LogP contribution in [-0.2, 0) is 0 Å². The van der Waals surface area contributed by atoms with Crippen molar-refractivity contribution in [2.75, 3.05) is 19.0 Å². The molecule has 7 heteroatoms. The number of anilines is 2. The highest BCUT2D eigenvalue weighted by atomic mass is 16.5. The van der Waals surface area contributed by atoms with Crippen molar-refractivity contribution in [2.45, 2.75) is 5.92 Å². The summed E-state index contributed by atoms with van der Waals surface area (Å²) in [5.41, 5.74) is 4.58. The molecule has 2 heterocycles. The Bertz CT molecular complexity index is 1430. The molecule has 5 aromatic rings. The van der Waals surface area contributed by atoms with Gasteiger partial charge in [-0.3, -0.25) is 4.79 Å². The fourth-order valence-electron chi connectivity index (χ4n) is 4.15. The monoisotopic (exact) mass is 463 g/mol. The van der Waals surface area contributed by atoms with E-state index in [0.29, 0.717) is 18.1 Å². The number of hydrogen-bond acceptors (Lipinski definition) is 5. The molecule has 1 unspecified atom stereocenters. The van der Waals surface area contributed by atoms with E-state index in [1.54, 1.807) is 37.7 Å². The number of benzene rings is 3. The smallest absolute Gasteiger partial charge is 0.251 e. The van der Waals surface area contributed by atoms with Gasteiger partial charge in [-0.2, -0.15) is 0 Å². The summed E-state index contributed by atoms with van der Waals surface area (Å²) in [6.45, 7) is 0.437. The van der Waals surface area contributed by atoms with E-state index in [2.05, 4.69) is 37.7 Å². The molecule has 1 atom stereocenters. The normalized spacial score (nSPS) is 11.7. The molecule has 174 valence electrons. The van der Waals surface area contributed by atoms with Crippen LogP contribution in [0.1, 0.15) is 27.4 Å². The number of aromatic amines is 1. The van der Waals surface area contributed by atoms with E-state index < -0.39 is 0 Å². The molecule has 0 aliphatic rings. The van der Waals surface area contributed by atoms with Crippen LogP contribution >= 0.6 is 0 Å². The van der Waals surface area contributed by atoms with Gasteiger partial charge in [0.15, 0.2) is 0 Å². The van der Waals surface area contributed by atoms with Gasteiger partial charge in [0, 0.05) is 53.2 Å². The van der Waals surface area contributed by atoms with Gasteiger partial charge in [0.1, 0.15) is 5.75 Å². The number of fused-ring (bicyclic) bond motifs is 1. The molecule has 3 aromatic carbocycles. The fraction of sp³-hybridized carbons (Fsp3) is 0.107. The van der Waals surface area contributed by atoms with Gasteiger partial charge in [0.2, 0.25) is 5.95 Å².